The number of aliphatic carboxylic acids is 1. The van der Waals surface area contributed by atoms with Gasteiger partial charge in [0, 0.05) is 6.42 Å². The molecule has 4 heteroatoms. The van der Waals surface area contributed by atoms with Crippen molar-refractivity contribution in [3.05, 3.63) is 48.6 Å². The van der Waals surface area contributed by atoms with Crippen LogP contribution >= 0.6 is 0 Å². The summed E-state index contributed by atoms with van der Waals surface area (Å²) in [5.74, 6) is -0.842. The lowest BCUT2D eigenvalue weighted by molar-refractivity contribution is -0.137. The van der Waals surface area contributed by atoms with E-state index in [1.807, 2.05) is 6.08 Å². The average molecular weight is 336 g/mol. The molecule has 24 heavy (non-hydrogen) atoms. The highest BCUT2D eigenvalue weighted by Gasteiger charge is 2.01. The zero-order valence-electron chi connectivity index (χ0n) is 14.7. The third kappa shape index (κ3) is 16.7. The second kappa shape index (κ2) is 16.2. The zero-order chi connectivity index (χ0) is 18.0. The summed E-state index contributed by atoms with van der Waals surface area (Å²) in [7, 11) is 0. The maximum absolute atomic E-state index is 10.3. The number of rotatable bonds is 14. The average Bonchev–Trinajstić information content (AvgIpc) is 2.53. The predicted octanol–water partition coefficient (Wildman–Crippen LogP) is 4.16. The van der Waals surface area contributed by atoms with Gasteiger partial charge < -0.3 is 15.3 Å². The molecular weight excluding hydrogens is 304 g/mol. The number of carboxylic acid groups (broad SMARTS) is 1. The molecule has 0 unspecified atom stereocenters. The lowest BCUT2D eigenvalue weighted by Gasteiger charge is -2.02. The quantitative estimate of drug-likeness (QED) is 0.253. The zero-order valence-corrected chi connectivity index (χ0v) is 14.7. The van der Waals surface area contributed by atoms with Crippen molar-refractivity contribution < 1.29 is 20.1 Å². The fourth-order valence-corrected chi connectivity index (χ4v) is 2.02. The summed E-state index contributed by atoms with van der Waals surface area (Å²) < 4.78 is 0. The maximum Gasteiger partial charge on any atom is 0.303 e. The van der Waals surface area contributed by atoms with Gasteiger partial charge in [0.1, 0.15) is 0 Å². The normalized spacial score (nSPS) is 15.1. The van der Waals surface area contributed by atoms with E-state index < -0.39 is 18.2 Å². The second-order valence-electron chi connectivity index (χ2n) is 5.78. The number of carbonyl (C=O) groups is 1. The Kier molecular flexibility index (Phi) is 15.1. The highest BCUT2D eigenvalue weighted by atomic mass is 16.4. The minimum Gasteiger partial charge on any atom is -0.481 e. The molecule has 0 fully saturated rings. The van der Waals surface area contributed by atoms with Gasteiger partial charge in [0.15, 0.2) is 0 Å². The topological polar surface area (TPSA) is 77.8 Å². The molecule has 0 amide bonds. The molecule has 0 aromatic rings. The molecule has 3 N–H and O–H groups in total. The Labute approximate surface area is 145 Å². The van der Waals surface area contributed by atoms with E-state index in [0.717, 1.165) is 6.42 Å². The molecular formula is C20H32O4. The van der Waals surface area contributed by atoms with Crippen molar-refractivity contribution in [2.75, 3.05) is 0 Å². The molecule has 0 aliphatic rings. The van der Waals surface area contributed by atoms with Crippen molar-refractivity contribution in [1.82, 2.24) is 0 Å². The van der Waals surface area contributed by atoms with Gasteiger partial charge in [-0.3, -0.25) is 4.79 Å². The van der Waals surface area contributed by atoms with E-state index in [9.17, 15) is 15.0 Å². The summed E-state index contributed by atoms with van der Waals surface area (Å²) in [5, 5.41) is 27.9. The monoisotopic (exact) mass is 336 g/mol. The Hall–Kier alpha value is -1.65. The Balaban J connectivity index is 3.81. The van der Waals surface area contributed by atoms with Crippen LogP contribution in [0.4, 0.5) is 0 Å². The van der Waals surface area contributed by atoms with Crippen molar-refractivity contribution >= 4 is 5.97 Å². The predicted molar refractivity (Wildman–Crippen MR) is 98.8 cm³/mol. The molecule has 0 spiro atoms. The van der Waals surface area contributed by atoms with E-state index in [0.29, 0.717) is 19.3 Å². The van der Waals surface area contributed by atoms with E-state index in [1.54, 1.807) is 36.5 Å². The number of allylic oxidation sites excluding steroid dienone is 5. The summed E-state index contributed by atoms with van der Waals surface area (Å²) >= 11 is 0. The third-order valence-corrected chi connectivity index (χ3v) is 3.41. The lowest BCUT2D eigenvalue weighted by Crippen LogP contribution is -2.03. The summed E-state index contributed by atoms with van der Waals surface area (Å²) in [6.07, 6.45) is 19.8. The Bertz CT molecular complexity index is 421. The van der Waals surface area contributed by atoms with Crippen LogP contribution in [0.25, 0.3) is 0 Å². The van der Waals surface area contributed by atoms with E-state index in [-0.39, 0.29) is 6.42 Å². The third-order valence-electron chi connectivity index (χ3n) is 3.41. The molecule has 0 heterocycles. The number of hydrogen-bond acceptors (Lipinski definition) is 3. The number of unbranched alkanes of at least 4 members (excludes halogenated alkanes) is 3. The molecule has 0 saturated carbocycles. The van der Waals surface area contributed by atoms with Crippen LogP contribution in [0.15, 0.2) is 48.6 Å². The molecule has 0 rings (SSSR count). The van der Waals surface area contributed by atoms with Gasteiger partial charge >= 0.3 is 5.97 Å². The smallest absolute Gasteiger partial charge is 0.303 e. The van der Waals surface area contributed by atoms with Crippen LogP contribution in [0.2, 0.25) is 0 Å². The molecule has 2 atom stereocenters. The van der Waals surface area contributed by atoms with Crippen molar-refractivity contribution in [2.24, 2.45) is 0 Å². The first-order valence-electron chi connectivity index (χ1n) is 8.80. The minimum atomic E-state index is -0.842. The van der Waals surface area contributed by atoms with Gasteiger partial charge in [0.05, 0.1) is 12.2 Å². The first-order chi connectivity index (χ1) is 11.6. The summed E-state index contributed by atoms with van der Waals surface area (Å²) in [5.41, 5.74) is 0. The van der Waals surface area contributed by atoms with Gasteiger partial charge in [-0.05, 0) is 32.1 Å². The van der Waals surface area contributed by atoms with E-state index in [2.05, 4.69) is 13.0 Å². The van der Waals surface area contributed by atoms with Crippen LogP contribution in [-0.4, -0.2) is 33.5 Å². The largest absolute Gasteiger partial charge is 0.481 e. The standard InChI is InChI=1S/C20H32O4/c1-2-3-4-5-6-9-13-18(21)14-10-7-8-11-15-19(22)16-12-17-20(23)24/h6-11,14-15,18-19,21-22H,2-5,12-13,16-17H2,1H3,(H,23,24)/b8-7+,9-6+,14-10+,15-11+/t18-,19+/m0/s1. The molecule has 0 aromatic carbocycles. The van der Waals surface area contributed by atoms with Crippen LogP contribution in [0, 0.1) is 0 Å². The molecule has 0 radical (unpaired) electrons. The van der Waals surface area contributed by atoms with Gasteiger partial charge in [0.2, 0.25) is 0 Å². The second-order valence-corrected chi connectivity index (χ2v) is 5.78. The van der Waals surface area contributed by atoms with Gasteiger partial charge in [0.25, 0.3) is 0 Å². The summed E-state index contributed by atoms with van der Waals surface area (Å²) in [6.45, 7) is 2.18. The molecule has 0 aliphatic carbocycles. The first kappa shape index (κ1) is 22.4. The number of hydrogen-bond donors (Lipinski definition) is 3. The van der Waals surface area contributed by atoms with Crippen molar-refractivity contribution in [3.63, 3.8) is 0 Å². The van der Waals surface area contributed by atoms with Gasteiger partial charge in [-0.1, -0.05) is 68.4 Å². The van der Waals surface area contributed by atoms with Crippen molar-refractivity contribution in [1.29, 1.82) is 0 Å². The van der Waals surface area contributed by atoms with E-state index >= 15 is 0 Å². The molecule has 0 aliphatic heterocycles. The summed E-state index contributed by atoms with van der Waals surface area (Å²) in [4.78, 5) is 10.3. The molecule has 4 nitrogen and oxygen atoms in total. The highest BCUT2D eigenvalue weighted by molar-refractivity contribution is 5.66. The number of aliphatic hydroxyl groups is 2. The Morgan fingerprint density at radius 1 is 0.917 bits per heavy atom. The Morgan fingerprint density at radius 2 is 1.58 bits per heavy atom. The fraction of sp³-hybridized carbons (Fsp3) is 0.550. The maximum atomic E-state index is 10.3. The van der Waals surface area contributed by atoms with Crippen LogP contribution < -0.4 is 0 Å². The molecule has 0 bridgehead atoms. The van der Waals surface area contributed by atoms with Crippen LogP contribution in [0.1, 0.15) is 58.3 Å². The number of aliphatic hydroxyl groups excluding tert-OH is 2. The summed E-state index contributed by atoms with van der Waals surface area (Å²) in [6, 6.07) is 0. The van der Waals surface area contributed by atoms with Crippen LogP contribution in [0.3, 0.4) is 0 Å². The highest BCUT2D eigenvalue weighted by Crippen LogP contribution is 2.03. The minimum absolute atomic E-state index is 0.0778. The molecule has 0 saturated heterocycles. The van der Waals surface area contributed by atoms with E-state index in [1.165, 1.54) is 19.3 Å². The van der Waals surface area contributed by atoms with Crippen molar-refractivity contribution in [3.8, 4) is 0 Å². The SMILES string of the molecule is CCCCC/C=C/C[C@H](O)/C=C/C=C/C=C/[C@@H](O)CCCC(=O)O. The van der Waals surface area contributed by atoms with Crippen LogP contribution in [-0.2, 0) is 4.79 Å². The van der Waals surface area contributed by atoms with E-state index in [4.69, 9.17) is 5.11 Å². The Morgan fingerprint density at radius 3 is 2.21 bits per heavy atom. The van der Waals surface area contributed by atoms with Gasteiger partial charge in [-0.2, -0.15) is 0 Å². The lowest BCUT2D eigenvalue weighted by atomic mass is 10.1. The fourth-order valence-electron chi connectivity index (χ4n) is 2.02. The number of carboxylic acids is 1. The van der Waals surface area contributed by atoms with Gasteiger partial charge in [-0.15, -0.1) is 0 Å². The van der Waals surface area contributed by atoms with Crippen LogP contribution in [0.5, 0.6) is 0 Å². The molecule has 136 valence electrons. The first-order valence-corrected chi connectivity index (χ1v) is 8.80. The van der Waals surface area contributed by atoms with Crippen molar-refractivity contribution in [2.45, 2.75) is 70.5 Å². The van der Waals surface area contributed by atoms with Gasteiger partial charge in [-0.25, -0.2) is 0 Å². The molecule has 0 aromatic heterocycles.